The second-order valence-electron chi connectivity index (χ2n) is 15.7. The number of benzene rings is 4. The van der Waals surface area contributed by atoms with Crippen LogP contribution in [0.15, 0.2) is 128 Å². The van der Waals surface area contributed by atoms with Crippen LogP contribution in [0.3, 0.4) is 0 Å². The van der Waals surface area contributed by atoms with Crippen molar-refractivity contribution in [3.63, 3.8) is 0 Å². The summed E-state index contributed by atoms with van der Waals surface area (Å²) in [7, 11) is -14.6. The summed E-state index contributed by atoms with van der Waals surface area (Å²) in [6, 6.07) is 14.8. The monoisotopic (exact) mass is 1230 g/mol. The average molecular weight is 1230 g/mol. The standard InChI is InChI=1S/C42H44N12O20S6/c1-5-53(6-2)41-49-37(48-40(51-41)46-32-19-29(75-72-69-57)13-16-35(32)79(63,64)65)43-27-11-9-25(34(17-27)77-74-71-59)7-8-26-10-12-28(18-36(26)80(66,67)68)44-38-47-39(52-42(50-38)54(21-23(3)55)22-24(4)56)45-31-20-30(78(60,61)62)14-15-33(31)76-73-70-58/h5-20,23-24,55-59H,1-2,21-22H2,3-4H3,(H,60,61,62)(H,63,64,65)(H,66,67,68)(H2,43,46,48,49,51)(H2,44,45,47,50,52). The summed E-state index contributed by atoms with van der Waals surface area (Å²) in [6.07, 6.45) is 3.31. The molecule has 428 valence electrons. The quantitative estimate of drug-likeness (QED) is 0.00718. The fourth-order valence-corrected chi connectivity index (χ4v) is 9.86. The van der Waals surface area contributed by atoms with E-state index in [1.165, 1.54) is 96.7 Å². The maximum Gasteiger partial charge on any atom is 0.296 e. The molecule has 0 aliphatic rings. The normalized spacial score (nSPS) is 12.7. The zero-order chi connectivity index (χ0) is 58.4. The molecule has 2 aromatic heterocycles. The minimum atomic E-state index is -5.03. The average Bonchev–Trinajstić information content (AvgIpc) is 3.38. The molecule has 32 nitrogen and oxygen atoms in total. The molecule has 2 atom stereocenters. The number of rotatable bonds is 30. The number of hydrogen-bond acceptors (Lipinski definition) is 32. The van der Waals surface area contributed by atoms with E-state index in [0.717, 1.165) is 24.3 Å². The predicted molar refractivity (Wildman–Crippen MR) is 287 cm³/mol. The van der Waals surface area contributed by atoms with Crippen LogP contribution in [0.4, 0.5) is 58.4 Å². The van der Waals surface area contributed by atoms with E-state index < -0.39 is 57.2 Å². The van der Waals surface area contributed by atoms with Crippen molar-refractivity contribution in [3.8, 4) is 0 Å². The maximum atomic E-state index is 13.0. The fourth-order valence-electron chi connectivity index (χ4n) is 6.68. The zero-order valence-corrected chi connectivity index (χ0v) is 45.6. The highest BCUT2D eigenvalue weighted by molar-refractivity contribution is 7.95. The van der Waals surface area contributed by atoms with Gasteiger partial charge in [-0.3, -0.25) is 18.6 Å². The summed E-state index contributed by atoms with van der Waals surface area (Å²) in [5.74, 6) is -1.38. The largest absolute Gasteiger partial charge is 0.392 e. The second kappa shape index (κ2) is 28.1. The van der Waals surface area contributed by atoms with Gasteiger partial charge in [0.2, 0.25) is 35.7 Å². The van der Waals surface area contributed by atoms with E-state index in [4.69, 9.17) is 20.1 Å². The Morgan fingerprint density at radius 3 is 1.59 bits per heavy atom. The highest BCUT2D eigenvalue weighted by Gasteiger charge is 2.23. The molecule has 4 aromatic carbocycles. The molecule has 0 radical (unpaired) electrons. The minimum absolute atomic E-state index is 0.0351. The van der Waals surface area contributed by atoms with Gasteiger partial charge in [-0.2, -0.15) is 55.2 Å². The summed E-state index contributed by atoms with van der Waals surface area (Å²) >= 11 is 1.39. The first-order valence-corrected chi connectivity index (χ1v) is 28.3. The summed E-state index contributed by atoms with van der Waals surface area (Å²) in [5, 5.41) is 69.4. The molecular weight excluding hydrogens is 1180 g/mol. The van der Waals surface area contributed by atoms with Crippen LogP contribution in [0.5, 0.6) is 0 Å². The number of hydrogen-bond donors (Lipinski definition) is 12. The molecule has 0 bridgehead atoms. The van der Waals surface area contributed by atoms with Gasteiger partial charge in [-0.1, -0.05) is 52.6 Å². The van der Waals surface area contributed by atoms with Gasteiger partial charge in [-0.25, -0.2) is 15.8 Å². The van der Waals surface area contributed by atoms with Gasteiger partial charge < -0.3 is 36.4 Å². The Morgan fingerprint density at radius 2 is 1.05 bits per heavy atom. The van der Waals surface area contributed by atoms with Gasteiger partial charge in [0.1, 0.15) is 9.79 Å². The molecule has 0 saturated heterocycles. The van der Waals surface area contributed by atoms with Crippen LogP contribution < -0.4 is 31.1 Å². The van der Waals surface area contributed by atoms with Crippen LogP contribution in [0.1, 0.15) is 25.0 Å². The van der Waals surface area contributed by atoms with E-state index in [-0.39, 0.29) is 91.8 Å². The van der Waals surface area contributed by atoms with Crippen LogP contribution in [0, 0.1) is 0 Å². The molecule has 0 amide bonds. The molecule has 0 aliphatic heterocycles. The fraction of sp³-hybridized carbons (Fsp3) is 0.143. The lowest BCUT2D eigenvalue weighted by Gasteiger charge is -2.26. The number of aliphatic hydroxyl groups excluding tert-OH is 2. The van der Waals surface area contributed by atoms with Crippen molar-refractivity contribution in [2.75, 3.05) is 44.2 Å². The molecule has 2 heterocycles. The third-order valence-corrected chi connectivity index (χ3v) is 14.4. The van der Waals surface area contributed by atoms with Crippen LogP contribution >= 0.6 is 36.1 Å². The number of anilines is 10. The number of nitrogens with one attached hydrogen (secondary N) is 4. The number of aliphatic hydroxyl groups is 2. The van der Waals surface area contributed by atoms with Crippen molar-refractivity contribution in [1.29, 1.82) is 0 Å². The van der Waals surface area contributed by atoms with E-state index in [9.17, 15) is 49.1 Å². The lowest BCUT2D eigenvalue weighted by Crippen LogP contribution is -2.37. The first-order valence-electron chi connectivity index (χ1n) is 21.8. The Morgan fingerprint density at radius 1 is 0.550 bits per heavy atom. The first-order chi connectivity index (χ1) is 37.9. The number of aromatic nitrogens is 6. The second-order valence-corrected chi connectivity index (χ2v) is 22.2. The summed E-state index contributed by atoms with van der Waals surface area (Å²) in [5.41, 5.74) is 0.0507. The molecule has 0 aliphatic carbocycles. The molecule has 0 spiro atoms. The molecule has 0 saturated carbocycles. The van der Waals surface area contributed by atoms with E-state index in [2.05, 4.69) is 88.1 Å². The van der Waals surface area contributed by atoms with E-state index in [0.29, 0.717) is 41.7 Å². The molecule has 0 fully saturated rings. The van der Waals surface area contributed by atoms with E-state index in [1.807, 2.05) is 0 Å². The smallest absolute Gasteiger partial charge is 0.296 e. The minimum Gasteiger partial charge on any atom is -0.392 e. The Bertz CT molecular complexity index is 3560. The summed E-state index contributed by atoms with van der Waals surface area (Å²) in [4.78, 5) is 27.4. The Balaban J connectivity index is 1.35. The first kappa shape index (κ1) is 62.5. The summed E-state index contributed by atoms with van der Waals surface area (Å²) < 4.78 is 119. The van der Waals surface area contributed by atoms with Crippen LogP contribution in [-0.4, -0.2) is 120 Å². The molecule has 2 unspecified atom stereocenters. The number of nitrogens with zero attached hydrogens (tertiary/aromatic N) is 8. The van der Waals surface area contributed by atoms with Crippen LogP contribution in [-0.2, 0) is 58.5 Å². The topological polar surface area (TPSA) is 452 Å². The van der Waals surface area contributed by atoms with Gasteiger partial charge in [0.15, 0.2) is 0 Å². The lowest BCUT2D eigenvalue weighted by molar-refractivity contribution is -0.432. The highest BCUT2D eigenvalue weighted by atomic mass is 32.2. The van der Waals surface area contributed by atoms with Gasteiger partial charge in [-0.05, 0) is 85.6 Å². The van der Waals surface area contributed by atoms with Crippen molar-refractivity contribution in [2.24, 2.45) is 0 Å². The lowest BCUT2D eigenvalue weighted by atomic mass is 10.1. The van der Waals surface area contributed by atoms with Crippen molar-refractivity contribution >= 4 is 137 Å². The molecule has 6 rings (SSSR count). The molecule has 6 aromatic rings. The van der Waals surface area contributed by atoms with Crippen LogP contribution in [0.2, 0.25) is 0 Å². The van der Waals surface area contributed by atoms with E-state index >= 15 is 0 Å². The van der Waals surface area contributed by atoms with Crippen molar-refractivity contribution < 1.29 is 93.0 Å². The van der Waals surface area contributed by atoms with Gasteiger partial charge >= 0.3 is 0 Å². The SMILES string of the molecule is C=CN(C=C)c1nc(Nc2ccc(C=Cc3ccc(Nc4nc(Nc5cc(S(=O)(=O)O)ccc5SOOO)nc(N(CC(C)O)CC(C)O)n4)cc3S(=O)(=O)O)c(SOOO)c2)nc(Nc2cc(SOOO)ccc2S(=O)(=O)O)n1. The third kappa shape index (κ3) is 17.9. The Hall–Kier alpha value is -6.74. The summed E-state index contributed by atoms with van der Waals surface area (Å²) in [6.45, 7) is 10.0. The zero-order valence-electron chi connectivity index (χ0n) is 40.7. The van der Waals surface area contributed by atoms with Gasteiger partial charge in [0, 0.05) is 46.7 Å². The molecule has 12 N–H and O–H groups in total. The third-order valence-electron chi connectivity index (χ3n) is 9.82. The van der Waals surface area contributed by atoms with Crippen molar-refractivity contribution in [1.82, 2.24) is 29.9 Å². The molecule has 38 heteroatoms. The predicted octanol–water partition coefficient (Wildman–Crippen LogP) is 6.89. The Labute approximate surface area is 466 Å². The molecule has 80 heavy (non-hydrogen) atoms. The van der Waals surface area contributed by atoms with Gasteiger partial charge in [0.25, 0.3) is 30.4 Å². The van der Waals surface area contributed by atoms with Crippen molar-refractivity contribution in [3.05, 3.63) is 109 Å². The van der Waals surface area contributed by atoms with Crippen LogP contribution in [0.25, 0.3) is 12.2 Å². The van der Waals surface area contributed by atoms with Crippen molar-refractivity contribution in [2.45, 2.75) is 55.4 Å². The van der Waals surface area contributed by atoms with Gasteiger partial charge in [-0.15, -0.1) is 13.0 Å². The van der Waals surface area contributed by atoms with Gasteiger partial charge in [0.05, 0.1) is 69.5 Å². The van der Waals surface area contributed by atoms with E-state index in [1.54, 1.807) is 0 Å². The molecular formula is C42H44N12O20S6. The maximum absolute atomic E-state index is 13.0. The highest BCUT2D eigenvalue weighted by Crippen LogP contribution is 2.36. The Kier molecular flexibility index (Phi) is 21.9.